The molecular weight excluding hydrogens is 216 g/mol. The van der Waals surface area contributed by atoms with Gasteiger partial charge in [-0.2, -0.15) is 0 Å². The Morgan fingerprint density at radius 1 is 1.53 bits per heavy atom. The third-order valence-electron chi connectivity index (χ3n) is 4.12. The molecule has 0 radical (unpaired) electrons. The smallest absolute Gasteiger partial charge is 0.224 e. The fourth-order valence-corrected chi connectivity index (χ4v) is 2.91. The van der Waals surface area contributed by atoms with E-state index in [9.17, 15) is 4.79 Å². The van der Waals surface area contributed by atoms with Crippen LogP contribution in [0.1, 0.15) is 25.0 Å². The van der Waals surface area contributed by atoms with E-state index in [4.69, 9.17) is 4.42 Å². The number of amides is 1. The predicted molar refractivity (Wildman–Crippen MR) is 63.2 cm³/mol. The van der Waals surface area contributed by atoms with Crippen LogP contribution in [0.3, 0.4) is 0 Å². The van der Waals surface area contributed by atoms with Gasteiger partial charge < -0.3 is 15.1 Å². The summed E-state index contributed by atoms with van der Waals surface area (Å²) in [5.74, 6) is 1.25. The zero-order chi connectivity index (χ0) is 11.7. The average Bonchev–Trinajstić information content (AvgIpc) is 2.82. The standard InChI is InChI=1S/C13H18N2O2/c16-12(15-9-10-2-1-7-17-10)11-8-13(11)3-5-14-6-4-13/h1-2,7,11,14H,3-6,8-9H2,(H,15,16)/t11-/m0/s1. The van der Waals surface area contributed by atoms with Gasteiger partial charge in [0.15, 0.2) is 0 Å². The molecule has 17 heavy (non-hydrogen) atoms. The summed E-state index contributed by atoms with van der Waals surface area (Å²) in [4.78, 5) is 12.0. The molecule has 2 fully saturated rings. The quantitative estimate of drug-likeness (QED) is 0.828. The van der Waals surface area contributed by atoms with Crippen LogP contribution in [0.25, 0.3) is 0 Å². The van der Waals surface area contributed by atoms with Gasteiger partial charge in [-0.3, -0.25) is 4.79 Å². The van der Waals surface area contributed by atoms with E-state index in [2.05, 4.69) is 10.6 Å². The molecule has 1 amide bonds. The lowest BCUT2D eigenvalue weighted by Gasteiger charge is -2.23. The van der Waals surface area contributed by atoms with Crippen molar-refractivity contribution in [1.29, 1.82) is 0 Å². The molecule has 92 valence electrons. The number of carbonyl (C=O) groups is 1. The summed E-state index contributed by atoms with van der Waals surface area (Å²) in [7, 11) is 0. The van der Waals surface area contributed by atoms with Crippen molar-refractivity contribution in [3.05, 3.63) is 24.2 Å². The lowest BCUT2D eigenvalue weighted by molar-refractivity contribution is -0.123. The number of hydrogen-bond donors (Lipinski definition) is 2. The Labute approximate surface area is 101 Å². The number of rotatable bonds is 3. The van der Waals surface area contributed by atoms with Gasteiger partial charge >= 0.3 is 0 Å². The molecule has 1 aromatic heterocycles. The van der Waals surface area contributed by atoms with Crippen LogP contribution >= 0.6 is 0 Å². The molecule has 1 saturated heterocycles. The van der Waals surface area contributed by atoms with E-state index in [0.29, 0.717) is 12.0 Å². The first-order valence-corrected chi connectivity index (χ1v) is 6.31. The number of nitrogens with one attached hydrogen (secondary N) is 2. The second-order valence-electron chi connectivity index (χ2n) is 5.17. The van der Waals surface area contributed by atoms with Gasteiger partial charge in [0, 0.05) is 5.92 Å². The predicted octanol–water partition coefficient (Wildman–Crippen LogP) is 1.29. The molecule has 0 unspecified atom stereocenters. The highest BCUT2D eigenvalue weighted by molar-refractivity contribution is 5.82. The highest BCUT2D eigenvalue weighted by Crippen LogP contribution is 2.58. The third kappa shape index (κ3) is 2.09. The summed E-state index contributed by atoms with van der Waals surface area (Å²) in [5.41, 5.74) is 0.318. The minimum absolute atomic E-state index is 0.198. The Balaban J connectivity index is 1.51. The largest absolute Gasteiger partial charge is 0.467 e. The van der Waals surface area contributed by atoms with E-state index in [1.54, 1.807) is 6.26 Å². The Bertz CT molecular complexity index is 394. The maximum Gasteiger partial charge on any atom is 0.224 e. The van der Waals surface area contributed by atoms with Crippen molar-refractivity contribution in [3.8, 4) is 0 Å². The Morgan fingerprint density at radius 3 is 3.06 bits per heavy atom. The second kappa shape index (κ2) is 4.18. The maximum atomic E-state index is 12.0. The minimum Gasteiger partial charge on any atom is -0.467 e. The molecule has 1 atom stereocenters. The van der Waals surface area contributed by atoms with Gasteiger partial charge in [-0.1, -0.05) is 0 Å². The fourth-order valence-electron chi connectivity index (χ4n) is 2.91. The molecule has 0 aromatic carbocycles. The Hall–Kier alpha value is -1.29. The van der Waals surface area contributed by atoms with Gasteiger partial charge in [0.2, 0.25) is 5.91 Å². The Morgan fingerprint density at radius 2 is 2.35 bits per heavy atom. The molecule has 1 aliphatic carbocycles. The SMILES string of the molecule is O=C(NCc1ccco1)[C@@H]1CC12CCNCC2. The van der Waals surface area contributed by atoms with Gasteiger partial charge in [0.05, 0.1) is 12.8 Å². The van der Waals surface area contributed by atoms with Crippen LogP contribution in [0, 0.1) is 11.3 Å². The molecule has 4 heteroatoms. The van der Waals surface area contributed by atoms with Crippen molar-refractivity contribution in [3.63, 3.8) is 0 Å². The number of piperidine rings is 1. The van der Waals surface area contributed by atoms with Gasteiger partial charge in [-0.05, 0) is 49.9 Å². The summed E-state index contributed by atoms with van der Waals surface area (Å²) in [6.07, 6.45) is 4.99. The second-order valence-corrected chi connectivity index (χ2v) is 5.17. The van der Waals surface area contributed by atoms with Crippen molar-refractivity contribution in [2.75, 3.05) is 13.1 Å². The van der Waals surface area contributed by atoms with Crippen LogP contribution in [-0.4, -0.2) is 19.0 Å². The van der Waals surface area contributed by atoms with Crippen LogP contribution in [0.5, 0.6) is 0 Å². The number of carbonyl (C=O) groups excluding carboxylic acids is 1. The van der Waals surface area contributed by atoms with Gasteiger partial charge in [0.1, 0.15) is 5.76 Å². The van der Waals surface area contributed by atoms with Crippen LogP contribution < -0.4 is 10.6 Å². The first-order valence-electron chi connectivity index (χ1n) is 6.31. The number of furan rings is 1. The third-order valence-corrected chi connectivity index (χ3v) is 4.12. The zero-order valence-electron chi connectivity index (χ0n) is 9.87. The number of hydrogen-bond acceptors (Lipinski definition) is 3. The zero-order valence-corrected chi connectivity index (χ0v) is 9.87. The summed E-state index contributed by atoms with van der Waals surface area (Å²) in [6.45, 7) is 2.63. The first-order chi connectivity index (χ1) is 8.30. The van der Waals surface area contributed by atoms with E-state index in [1.165, 1.54) is 0 Å². The van der Waals surface area contributed by atoms with Crippen LogP contribution in [0.15, 0.2) is 22.8 Å². The van der Waals surface area contributed by atoms with E-state index >= 15 is 0 Å². The van der Waals surface area contributed by atoms with Gasteiger partial charge in [0.25, 0.3) is 0 Å². The van der Waals surface area contributed by atoms with Crippen LogP contribution in [0.2, 0.25) is 0 Å². The minimum atomic E-state index is 0.198. The summed E-state index contributed by atoms with van der Waals surface area (Å²) in [6, 6.07) is 3.72. The van der Waals surface area contributed by atoms with Crippen molar-refractivity contribution in [2.45, 2.75) is 25.8 Å². The summed E-state index contributed by atoms with van der Waals surface area (Å²) >= 11 is 0. The van der Waals surface area contributed by atoms with Crippen molar-refractivity contribution in [1.82, 2.24) is 10.6 Å². The molecule has 4 nitrogen and oxygen atoms in total. The van der Waals surface area contributed by atoms with E-state index in [1.807, 2.05) is 12.1 Å². The van der Waals surface area contributed by atoms with Gasteiger partial charge in [-0.25, -0.2) is 0 Å². The van der Waals surface area contributed by atoms with E-state index in [0.717, 1.165) is 38.1 Å². The highest BCUT2D eigenvalue weighted by Gasteiger charge is 2.57. The van der Waals surface area contributed by atoms with Crippen molar-refractivity contribution < 1.29 is 9.21 Å². The van der Waals surface area contributed by atoms with Crippen LogP contribution in [0.4, 0.5) is 0 Å². The highest BCUT2D eigenvalue weighted by atomic mass is 16.3. The van der Waals surface area contributed by atoms with Crippen LogP contribution in [-0.2, 0) is 11.3 Å². The first kappa shape index (κ1) is 10.8. The lowest BCUT2D eigenvalue weighted by atomic mass is 9.92. The molecule has 2 aliphatic rings. The molecular formula is C13H18N2O2. The maximum absolute atomic E-state index is 12.0. The molecule has 1 aliphatic heterocycles. The average molecular weight is 234 g/mol. The molecule has 1 spiro atoms. The van der Waals surface area contributed by atoms with E-state index < -0.39 is 0 Å². The molecule has 1 aromatic rings. The topological polar surface area (TPSA) is 54.3 Å². The van der Waals surface area contributed by atoms with Gasteiger partial charge in [-0.15, -0.1) is 0 Å². The lowest BCUT2D eigenvalue weighted by Crippen LogP contribution is -2.33. The van der Waals surface area contributed by atoms with Crippen molar-refractivity contribution in [2.24, 2.45) is 11.3 Å². The monoisotopic (exact) mass is 234 g/mol. The molecule has 2 N–H and O–H groups in total. The fraction of sp³-hybridized carbons (Fsp3) is 0.615. The molecule has 1 saturated carbocycles. The molecule has 0 bridgehead atoms. The normalized spacial score (nSPS) is 25.8. The van der Waals surface area contributed by atoms with E-state index in [-0.39, 0.29) is 11.8 Å². The van der Waals surface area contributed by atoms with Crippen molar-refractivity contribution >= 4 is 5.91 Å². The molecule has 3 rings (SSSR count). The summed E-state index contributed by atoms with van der Waals surface area (Å²) in [5, 5.41) is 6.31. The summed E-state index contributed by atoms with van der Waals surface area (Å²) < 4.78 is 5.20. The Kier molecular flexibility index (Phi) is 2.67. The molecule has 2 heterocycles.